The quantitative estimate of drug-likeness (QED) is 0.119. The van der Waals surface area contributed by atoms with E-state index >= 15 is 0 Å². The molecule has 0 aromatic rings. The van der Waals surface area contributed by atoms with Gasteiger partial charge in [-0.25, -0.2) is 0 Å². The molecule has 51 heavy (non-hydrogen) atoms. The number of Topliss-reactive ketones (excluding diaryl/α,β-unsaturated/α-hetero) is 1. The smallest absolute Gasteiger partial charge is 0.316 e. The van der Waals surface area contributed by atoms with Gasteiger partial charge >= 0.3 is 5.97 Å². The lowest BCUT2D eigenvalue weighted by atomic mass is 9.74. The maximum atomic E-state index is 14.2. The zero-order chi connectivity index (χ0) is 38.3. The van der Waals surface area contributed by atoms with Crippen molar-refractivity contribution in [3.8, 4) is 12.3 Å². The van der Waals surface area contributed by atoms with Gasteiger partial charge in [0.25, 0.3) is 0 Å². The fourth-order valence-electron chi connectivity index (χ4n) is 7.99. The van der Waals surface area contributed by atoms with Gasteiger partial charge in [-0.3, -0.25) is 14.5 Å². The van der Waals surface area contributed by atoms with E-state index in [9.17, 15) is 24.9 Å². The number of likely N-dealkylation sites (N-methyl/N-ethyl adjacent to an activating group) is 1. The number of esters is 1. The third-order valence-electron chi connectivity index (χ3n) is 11.4. The van der Waals surface area contributed by atoms with Crippen LogP contribution < -0.4 is 5.32 Å². The van der Waals surface area contributed by atoms with Gasteiger partial charge in [-0.15, -0.1) is 12.3 Å². The summed E-state index contributed by atoms with van der Waals surface area (Å²) in [6.45, 7) is 15.8. The van der Waals surface area contributed by atoms with Crippen LogP contribution in [0.2, 0.25) is 0 Å². The van der Waals surface area contributed by atoms with E-state index in [0.717, 1.165) is 19.4 Å². The number of hydrogen-bond acceptors (Lipinski definition) is 13. The van der Waals surface area contributed by atoms with E-state index < -0.39 is 77.3 Å². The maximum Gasteiger partial charge on any atom is 0.316 e. The Labute approximate surface area is 305 Å². The molecule has 3 aliphatic heterocycles. The molecule has 14 atom stereocenters. The lowest BCUT2D eigenvalue weighted by Crippen LogP contribution is -2.60. The van der Waals surface area contributed by atoms with Crippen molar-refractivity contribution in [2.45, 2.75) is 154 Å². The number of piperidine rings is 1. The minimum Gasteiger partial charge on any atom is -0.459 e. The minimum absolute atomic E-state index is 0.177. The van der Waals surface area contributed by atoms with Crippen LogP contribution in [0.3, 0.4) is 0 Å². The largest absolute Gasteiger partial charge is 0.459 e. The molecule has 3 heterocycles. The summed E-state index contributed by atoms with van der Waals surface area (Å²) >= 11 is 0. The number of terminal acetylenes is 1. The normalized spacial score (nSPS) is 43.0. The summed E-state index contributed by atoms with van der Waals surface area (Å²) < 4.78 is 24.9. The van der Waals surface area contributed by atoms with Crippen LogP contribution in [0.1, 0.15) is 93.9 Å². The van der Waals surface area contributed by atoms with E-state index in [1.54, 1.807) is 20.8 Å². The number of nitrogens with one attached hydrogen (secondary N) is 1. The van der Waals surface area contributed by atoms with Gasteiger partial charge in [-0.1, -0.05) is 32.9 Å². The van der Waals surface area contributed by atoms with E-state index in [4.69, 9.17) is 30.2 Å². The lowest BCUT2D eigenvalue weighted by molar-refractivity contribution is -0.295. The predicted molar refractivity (Wildman–Crippen MR) is 193 cm³/mol. The minimum atomic E-state index is -1.89. The molecule has 0 aromatic heterocycles. The number of nitrogens with zero attached hydrogens (tertiary/aromatic N) is 2. The first-order chi connectivity index (χ1) is 23.9. The van der Waals surface area contributed by atoms with Crippen LogP contribution in [0, 0.1) is 36.0 Å². The number of methoxy groups -OCH3 is 1. The molecule has 4 N–H and O–H groups in total. The van der Waals surface area contributed by atoms with Crippen LogP contribution in [0.5, 0.6) is 0 Å². The topological polar surface area (TPSA) is 169 Å². The van der Waals surface area contributed by atoms with E-state index in [1.165, 1.54) is 21.0 Å². The average Bonchev–Trinajstić information content (AvgIpc) is 3.11. The second kappa shape index (κ2) is 18.7. The first-order valence-corrected chi connectivity index (χ1v) is 18.7. The molecule has 292 valence electrons. The predicted octanol–water partition coefficient (Wildman–Crippen LogP) is 2.67. The van der Waals surface area contributed by atoms with Crippen molar-refractivity contribution in [2.75, 3.05) is 33.8 Å². The monoisotopic (exact) mass is 723 g/mol. The molecule has 0 radical (unpaired) electrons. The highest BCUT2D eigenvalue weighted by atomic mass is 16.7. The third-order valence-corrected chi connectivity index (χ3v) is 11.4. The van der Waals surface area contributed by atoms with Gasteiger partial charge in [0.15, 0.2) is 12.1 Å². The Balaban J connectivity index is 2.12. The molecule has 0 saturated carbocycles. The summed E-state index contributed by atoms with van der Waals surface area (Å²) in [5.74, 6) is -2.01. The van der Waals surface area contributed by atoms with Crippen LogP contribution in [0.4, 0.5) is 0 Å². The van der Waals surface area contributed by atoms with E-state index in [2.05, 4.69) is 16.4 Å². The molecule has 13 heteroatoms. The third kappa shape index (κ3) is 10.3. The number of ketones is 1. The van der Waals surface area contributed by atoms with Crippen LogP contribution in [-0.2, 0) is 33.4 Å². The number of rotatable bonds is 9. The Morgan fingerprint density at radius 3 is 2.41 bits per heavy atom. The summed E-state index contributed by atoms with van der Waals surface area (Å²) in [6, 6.07) is -0.329. The van der Waals surface area contributed by atoms with Crippen molar-refractivity contribution in [3.05, 3.63) is 0 Å². The summed E-state index contributed by atoms with van der Waals surface area (Å²) in [5, 5.41) is 43.1. The van der Waals surface area contributed by atoms with Crippen molar-refractivity contribution in [2.24, 2.45) is 28.8 Å². The number of oxime groups is 1. The van der Waals surface area contributed by atoms with E-state index in [0.29, 0.717) is 31.6 Å². The van der Waals surface area contributed by atoms with Crippen molar-refractivity contribution >= 4 is 17.5 Å². The van der Waals surface area contributed by atoms with Gasteiger partial charge < -0.3 is 44.4 Å². The van der Waals surface area contributed by atoms with Gasteiger partial charge in [0.05, 0.1) is 29.6 Å². The molecule has 3 rings (SSSR count). The van der Waals surface area contributed by atoms with Crippen molar-refractivity contribution in [1.29, 1.82) is 0 Å². The summed E-state index contributed by atoms with van der Waals surface area (Å²) in [5.41, 5.74) is -2.64. The van der Waals surface area contributed by atoms with E-state index in [-0.39, 0.29) is 31.1 Å². The highest BCUT2D eigenvalue weighted by Crippen LogP contribution is 2.39. The zero-order valence-corrected chi connectivity index (χ0v) is 32.5. The number of aliphatic hydroxyl groups is 3. The molecule has 0 spiro atoms. The first kappa shape index (κ1) is 43.3. The molecular formula is C38H65N3O10. The summed E-state index contributed by atoms with van der Waals surface area (Å²) in [4.78, 5) is 35.8. The molecule has 0 aromatic carbocycles. The molecular weight excluding hydrogens is 658 g/mol. The van der Waals surface area contributed by atoms with Crippen molar-refractivity contribution in [1.82, 2.24) is 10.2 Å². The SMILES string of the molecule is C#CCCN(C)[C@H]1C[C@@H](C)O[C@@H](O[C@@H]2[C@@H](C)C(=O)[C@@H](C)C(=O)O[C@H](CC)[C@@](C)(O)[C@H](O)[C@@H](C)C(=NO[C@@H]3CCCNC3)[C@H](C)C[C@@]2(C)OC)[C@@H]1O. The Morgan fingerprint density at radius 1 is 1.14 bits per heavy atom. The first-order valence-electron chi connectivity index (χ1n) is 18.7. The van der Waals surface area contributed by atoms with Gasteiger partial charge in [0.2, 0.25) is 0 Å². The molecule has 3 aliphatic rings. The highest BCUT2D eigenvalue weighted by molar-refractivity contribution is 6.00. The molecule has 13 nitrogen and oxygen atoms in total. The standard InChI is InChI=1S/C38H65N3O10/c1-12-14-18-41(10)28-19-23(4)48-36(32(28)43)50-34-25(6)31(42)26(7)35(45)49-29(13-2)38(9,46)33(44)24(5)30(22(3)20-37(34,8)47-11)40-51-27-16-15-17-39-21-27/h1,22-29,32-34,36,39,43-44,46H,13-21H2,2-11H3/t22-,23-,24+,25+,26-,27-,28+,29-,32-,33-,34-,36+,37-,38-/m1/s1. The molecule has 0 unspecified atom stereocenters. The van der Waals surface area contributed by atoms with Gasteiger partial charge in [0.1, 0.15) is 29.8 Å². The maximum absolute atomic E-state index is 14.2. The second-order valence-electron chi connectivity index (χ2n) is 15.5. The van der Waals surface area contributed by atoms with Crippen molar-refractivity contribution in [3.63, 3.8) is 0 Å². The molecule has 0 aliphatic carbocycles. The van der Waals surface area contributed by atoms with Gasteiger partial charge in [-0.2, -0.15) is 0 Å². The molecule has 0 amide bonds. The van der Waals surface area contributed by atoms with Gasteiger partial charge in [0, 0.05) is 50.4 Å². The number of carbonyl (C=O) groups excluding carboxylic acids is 2. The Hall–Kier alpha value is -2.15. The Bertz CT molecular complexity index is 1220. The lowest BCUT2D eigenvalue weighted by Gasteiger charge is -2.47. The van der Waals surface area contributed by atoms with Crippen molar-refractivity contribution < 1.29 is 48.7 Å². The number of ether oxygens (including phenoxy) is 4. The van der Waals surface area contributed by atoms with Crippen LogP contribution in [0.25, 0.3) is 0 Å². The molecule has 3 fully saturated rings. The zero-order valence-electron chi connectivity index (χ0n) is 32.5. The summed E-state index contributed by atoms with van der Waals surface area (Å²) in [7, 11) is 3.42. The van der Waals surface area contributed by atoms with Crippen LogP contribution in [-0.4, -0.2) is 132 Å². The fraction of sp³-hybridized carbons (Fsp3) is 0.868. The fourth-order valence-corrected chi connectivity index (χ4v) is 7.99. The number of aliphatic hydroxyl groups excluding tert-OH is 2. The number of carbonyl (C=O) groups is 2. The molecule has 3 saturated heterocycles. The highest BCUT2D eigenvalue weighted by Gasteiger charge is 2.51. The second-order valence-corrected chi connectivity index (χ2v) is 15.5. The average molecular weight is 724 g/mol. The Morgan fingerprint density at radius 2 is 1.82 bits per heavy atom. The summed E-state index contributed by atoms with van der Waals surface area (Å²) in [6.07, 6.45) is 2.48. The van der Waals surface area contributed by atoms with Crippen LogP contribution >= 0.6 is 0 Å². The number of hydrogen-bond donors (Lipinski definition) is 4. The molecule has 0 bridgehead atoms. The Kier molecular flexibility index (Phi) is 15.9. The van der Waals surface area contributed by atoms with E-state index in [1.807, 2.05) is 32.7 Å². The van der Waals surface area contributed by atoms with Crippen LogP contribution in [0.15, 0.2) is 5.16 Å². The number of cyclic esters (lactones) is 1. The van der Waals surface area contributed by atoms with Gasteiger partial charge in [-0.05, 0) is 73.4 Å².